The molecule has 4 aromatic carbocycles. The number of nitrogens with zero attached hydrogens (tertiary/aromatic N) is 2. The van der Waals surface area contributed by atoms with Crippen molar-refractivity contribution < 1.29 is 22.4 Å². The van der Waals surface area contributed by atoms with Gasteiger partial charge in [0, 0.05) is 30.1 Å². The Morgan fingerprint density at radius 2 is 1.57 bits per heavy atom. The number of halogens is 2. The van der Waals surface area contributed by atoms with Crippen LogP contribution in [0.15, 0.2) is 102 Å². The zero-order valence-electron chi connectivity index (χ0n) is 26.2. The van der Waals surface area contributed by atoms with Gasteiger partial charge in [-0.2, -0.15) is 0 Å². The Bertz CT molecular complexity index is 1750. The molecule has 7 nitrogen and oxygen atoms in total. The van der Waals surface area contributed by atoms with Crippen molar-refractivity contribution in [2.24, 2.45) is 0 Å². The Labute approximate surface area is 276 Å². The Kier molecular flexibility index (Phi) is 12.0. The van der Waals surface area contributed by atoms with Crippen molar-refractivity contribution >= 4 is 39.1 Å². The molecule has 46 heavy (non-hydrogen) atoms. The predicted molar refractivity (Wildman–Crippen MR) is 181 cm³/mol. The highest BCUT2D eigenvalue weighted by Gasteiger charge is 2.35. The molecule has 10 heteroatoms. The quantitative estimate of drug-likeness (QED) is 0.150. The van der Waals surface area contributed by atoms with Crippen LogP contribution in [0.3, 0.4) is 0 Å². The van der Waals surface area contributed by atoms with Crippen molar-refractivity contribution in [1.29, 1.82) is 0 Å². The average Bonchev–Trinajstić information content (AvgIpc) is 3.04. The summed E-state index contributed by atoms with van der Waals surface area (Å²) >= 11 is 6.05. The van der Waals surface area contributed by atoms with E-state index in [9.17, 15) is 18.0 Å². The monoisotopic (exact) mass is 663 g/mol. The van der Waals surface area contributed by atoms with Crippen molar-refractivity contribution in [3.05, 3.63) is 130 Å². The van der Waals surface area contributed by atoms with Crippen LogP contribution in [0.5, 0.6) is 0 Å². The van der Waals surface area contributed by atoms with Crippen molar-refractivity contribution in [1.82, 2.24) is 10.2 Å². The fourth-order valence-electron chi connectivity index (χ4n) is 5.01. The van der Waals surface area contributed by atoms with Crippen LogP contribution in [0, 0.1) is 19.7 Å². The summed E-state index contributed by atoms with van der Waals surface area (Å²) in [6.07, 6.45) is 1.74. The highest BCUT2D eigenvalue weighted by Crippen LogP contribution is 2.28. The van der Waals surface area contributed by atoms with E-state index >= 15 is 4.39 Å². The van der Waals surface area contributed by atoms with Gasteiger partial charge in [0.1, 0.15) is 18.4 Å². The first-order valence-electron chi connectivity index (χ1n) is 15.2. The van der Waals surface area contributed by atoms with Crippen LogP contribution in [0.1, 0.15) is 42.0 Å². The number of hydrogen-bond acceptors (Lipinski definition) is 4. The number of anilines is 1. The van der Waals surface area contributed by atoms with Crippen LogP contribution in [0.2, 0.25) is 5.02 Å². The average molecular weight is 664 g/mol. The van der Waals surface area contributed by atoms with Crippen LogP contribution in [-0.2, 0) is 32.6 Å². The molecule has 0 fully saturated rings. The fraction of sp³-hybridized carbons (Fsp3) is 0.278. The van der Waals surface area contributed by atoms with Gasteiger partial charge in [0.2, 0.25) is 11.8 Å². The van der Waals surface area contributed by atoms with Gasteiger partial charge >= 0.3 is 0 Å². The van der Waals surface area contributed by atoms with Gasteiger partial charge in [0.15, 0.2) is 0 Å². The van der Waals surface area contributed by atoms with Gasteiger partial charge in [-0.1, -0.05) is 79.5 Å². The Morgan fingerprint density at radius 1 is 0.891 bits per heavy atom. The Hall–Kier alpha value is -4.21. The van der Waals surface area contributed by atoms with Crippen LogP contribution >= 0.6 is 11.6 Å². The number of sulfonamides is 1. The van der Waals surface area contributed by atoms with Gasteiger partial charge in [0.25, 0.3) is 10.0 Å². The minimum Gasteiger partial charge on any atom is -0.354 e. The van der Waals surface area contributed by atoms with E-state index in [1.54, 1.807) is 36.4 Å². The van der Waals surface area contributed by atoms with E-state index in [0.29, 0.717) is 11.6 Å². The molecule has 1 atom stereocenters. The number of hydrogen-bond donors (Lipinski definition) is 1. The molecule has 0 aromatic heterocycles. The van der Waals surface area contributed by atoms with E-state index < -0.39 is 40.2 Å². The first-order valence-corrected chi connectivity index (χ1v) is 17.0. The molecule has 242 valence electrons. The molecule has 0 heterocycles. The van der Waals surface area contributed by atoms with Crippen molar-refractivity contribution in [2.75, 3.05) is 17.4 Å². The molecule has 0 saturated carbocycles. The number of carbonyl (C=O) groups excluding carboxylic acids is 2. The van der Waals surface area contributed by atoms with Crippen LogP contribution in [-0.4, -0.2) is 44.3 Å². The molecule has 0 saturated heterocycles. The van der Waals surface area contributed by atoms with Gasteiger partial charge in [-0.25, -0.2) is 12.8 Å². The third-order valence-electron chi connectivity index (χ3n) is 7.86. The number of unbranched alkanes of at least 4 members (excludes halogenated alkanes) is 1. The molecule has 0 aliphatic heterocycles. The smallest absolute Gasteiger partial charge is 0.264 e. The van der Waals surface area contributed by atoms with E-state index in [-0.39, 0.29) is 29.1 Å². The molecule has 4 rings (SSSR count). The molecule has 1 N–H and O–H groups in total. The third-order valence-corrected chi connectivity index (χ3v) is 9.90. The lowest BCUT2D eigenvalue weighted by molar-refractivity contribution is -0.140. The molecule has 2 amide bonds. The maximum absolute atomic E-state index is 15.1. The van der Waals surface area contributed by atoms with Crippen LogP contribution in [0.25, 0.3) is 0 Å². The summed E-state index contributed by atoms with van der Waals surface area (Å²) in [7, 11) is -4.28. The Morgan fingerprint density at radius 3 is 2.22 bits per heavy atom. The van der Waals surface area contributed by atoms with Crippen LogP contribution in [0.4, 0.5) is 10.1 Å². The maximum Gasteiger partial charge on any atom is 0.264 e. The number of benzene rings is 4. The van der Waals surface area contributed by atoms with E-state index in [2.05, 4.69) is 5.32 Å². The second-order valence-corrected chi connectivity index (χ2v) is 13.5. The third kappa shape index (κ3) is 8.73. The van der Waals surface area contributed by atoms with Gasteiger partial charge in [0.05, 0.1) is 10.6 Å². The topological polar surface area (TPSA) is 86.8 Å². The first-order chi connectivity index (χ1) is 22.0. The second kappa shape index (κ2) is 15.9. The van der Waals surface area contributed by atoms with Gasteiger partial charge < -0.3 is 10.2 Å². The number of amides is 2. The van der Waals surface area contributed by atoms with Gasteiger partial charge in [-0.05, 0) is 79.4 Å². The van der Waals surface area contributed by atoms with Crippen LogP contribution < -0.4 is 9.62 Å². The molecule has 0 spiro atoms. The zero-order valence-corrected chi connectivity index (χ0v) is 27.8. The summed E-state index contributed by atoms with van der Waals surface area (Å²) in [6, 6.07) is 25.1. The molecule has 0 aliphatic carbocycles. The summed E-state index contributed by atoms with van der Waals surface area (Å²) in [4.78, 5) is 29.5. The SMILES string of the molecule is CCCCNC(=O)[C@@H](Cc1ccccc1)N(Cc1ccccc1F)C(=O)CN(c1ccc(C)c(C)c1)S(=O)(=O)c1ccc(Cl)cc1. The lowest BCUT2D eigenvalue weighted by Gasteiger charge is -2.34. The van der Waals surface area contributed by atoms with E-state index in [0.717, 1.165) is 33.8 Å². The highest BCUT2D eigenvalue weighted by atomic mass is 35.5. The highest BCUT2D eigenvalue weighted by molar-refractivity contribution is 7.92. The minimum atomic E-state index is -4.28. The lowest BCUT2D eigenvalue weighted by atomic mass is 10.0. The summed E-state index contributed by atoms with van der Waals surface area (Å²) in [6.45, 7) is 5.30. The standard InChI is InChI=1S/C36H39ClFN3O4S/c1-4-5-21-39-36(43)34(23-28-11-7-6-8-12-28)40(24-29-13-9-10-14-33(29)38)35(42)25-41(31-18-15-26(2)27(3)22-31)46(44,45)32-19-16-30(37)17-20-32/h6-20,22,34H,4-5,21,23-25H2,1-3H3,(H,39,43)/t34-/m1/s1. The summed E-state index contributed by atoms with van der Waals surface area (Å²) in [5.74, 6) is -1.60. The summed E-state index contributed by atoms with van der Waals surface area (Å²) in [5, 5.41) is 3.29. The number of nitrogens with one attached hydrogen (secondary N) is 1. The second-order valence-electron chi connectivity index (χ2n) is 11.2. The molecule has 0 radical (unpaired) electrons. The molecule has 0 aliphatic rings. The normalized spacial score (nSPS) is 11.9. The first kappa shape index (κ1) is 34.7. The van der Waals surface area contributed by atoms with Gasteiger partial charge in [-0.15, -0.1) is 0 Å². The zero-order chi connectivity index (χ0) is 33.3. The number of aryl methyl sites for hydroxylation is 2. The van der Waals surface area contributed by atoms with Crippen molar-refractivity contribution in [3.63, 3.8) is 0 Å². The molecule has 0 bridgehead atoms. The molecule has 4 aromatic rings. The molecular formula is C36H39ClFN3O4S. The van der Waals surface area contributed by atoms with Crippen molar-refractivity contribution in [3.8, 4) is 0 Å². The van der Waals surface area contributed by atoms with E-state index in [4.69, 9.17) is 11.6 Å². The van der Waals surface area contributed by atoms with Gasteiger partial charge in [-0.3, -0.25) is 13.9 Å². The van der Waals surface area contributed by atoms with Crippen molar-refractivity contribution in [2.45, 2.75) is 57.5 Å². The molecular weight excluding hydrogens is 625 g/mol. The fourth-order valence-corrected chi connectivity index (χ4v) is 6.55. The minimum absolute atomic E-state index is 0.0540. The van der Waals surface area contributed by atoms with E-state index in [1.165, 1.54) is 35.2 Å². The molecule has 0 unspecified atom stereocenters. The number of carbonyl (C=O) groups is 2. The predicted octanol–water partition coefficient (Wildman–Crippen LogP) is 6.85. The Balaban J connectivity index is 1.81. The largest absolute Gasteiger partial charge is 0.354 e. The summed E-state index contributed by atoms with van der Waals surface area (Å²) < 4.78 is 44.4. The summed E-state index contributed by atoms with van der Waals surface area (Å²) in [5.41, 5.74) is 3.07. The van der Waals surface area contributed by atoms with E-state index in [1.807, 2.05) is 51.1 Å². The lowest BCUT2D eigenvalue weighted by Crippen LogP contribution is -2.53. The maximum atomic E-state index is 15.1. The number of rotatable bonds is 14.